The van der Waals surface area contributed by atoms with Crippen molar-refractivity contribution in [2.24, 2.45) is 5.10 Å². The molecule has 0 bridgehead atoms. The Bertz CT molecular complexity index is 1130. The van der Waals surface area contributed by atoms with Crippen molar-refractivity contribution in [2.45, 2.75) is 0 Å². The van der Waals surface area contributed by atoms with E-state index < -0.39 is 16.8 Å². The summed E-state index contributed by atoms with van der Waals surface area (Å²) < 4.78 is 5.39. The molecule has 0 aliphatic carbocycles. The number of hydrazone groups is 1. The molecule has 30 heavy (non-hydrogen) atoms. The van der Waals surface area contributed by atoms with Crippen molar-refractivity contribution in [1.82, 2.24) is 5.43 Å². The number of ether oxygens (including phenoxy) is 1. The van der Waals surface area contributed by atoms with E-state index in [1.807, 2.05) is 0 Å². The van der Waals surface area contributed by atoms with E-state index in [1.165, 1.54) is 24.4 Å². The lowest BCUT2D eigenvalue weighted by Gasteiger charge is -2.07. The van der Waals surface area contributed by atoms with Gasteiger partial charge in [-0.25, -0.2) is 10.2 Å². The quantitative estimate of drug-likeness (QED) is 0.210. The maximum absolute atomic E-state index is 12.3. The highest BCUT2D eigenvalue weighted by Crippen LogP contribution is 2.19. The largest absolute Gasteiger partial charge is 0.422 e. The number of nitro benzene ring substituents is 1. The molecule has 9 heteroatoms. The molecule has 0 aliphatic heterocycles. The fourth-order valence-corrected chi connectivity index (χ4v) is 2.54. The number of non-ortho nitro benzene ring substituents is 1. The summed E-state index contributed by atoms with van der Waals surface area (Å²) >= 11 is 5.82. The van der Waals surface area contributed by atoms with E-state index >= 15 is 0 Å². The van der Waals surface area contributed by atoms with Crippen LogP contribution in [0.4, 0.5) is 5.69 Å². The van der Waals surface area contributed by atoms with Crippen LogP contribution in [0.5, 0.6) is 5.75 Å². The van der Waals surface area contributed by atoms with Crippen LogP contribution in [0.1, 0.15) is 26.3 Å². The Morgan fingerprint density at radius 1 is 1.00 bits per heavy atom. The first-order valence-corrected chi connectivity index (χ1v) is 8.96. The maximum Gasteiger partial charge on any atom is 0.343 e. The number of rotatable bonds is 6. The lowest BCUT2D eigenvalue weighted by atomic mass is 10.2. The number of nitrogens with one attached hydrogen (secondary N) is 1. The van der Waals surface area contributed by atoms with Gasteiger partial charge in [-0.05, 0) is 42.5 Å². The molecule has 0 saturated heterocycles. The van der Waals surface area contributed by atoms with Gasteiger partial charge in [0.15, 0.2) is 0 Å². The van der Waals surface area contributed by atoms with E-state index in [0.29, 0.717) is 16.1 Å². The first-order chi connectivity index (χ1) is 14.4. The third-order valence-corrected chi connectivity index (χ3v) is 4.14. The van der Waals surface area contributed by atoms with E-state index in [9.17, 15) is 19.7 Å². The van der Waals surface area contributed by atoms with Gasteiger partial charge in [-0.1, -0.05) is 29.8 Å². The number of hydrogen-bond acceptors (Lipinski definition) is 6. The Hall–Kier alpha value is -4.04. The van der Waals surface area contributed by atoms with E-state index in [4.69, 9.17) is 16.3 Å². The summed E-state index contributed by atoms with van der Waals surface area (Å²) in [4.78, 5) is 34.7. The average molecular weight is 424 g/mol. The number of carbonyl (C=O) groups excluding carboxylic acids is 2. The Morgan fingerprint density at radius 2 is 1.73 bits per heavy atom. The number of nitro groups is 1. The van der Waals surface area contributed by atoms with Gasteiger partial charge in [-0.3, -0.25) is 14.9 Å². The number of hydrogen-bond donors (Lipinski definition) is 1. The topological polar surface area (TPSA) is 111 Å². The van der Waals surface area contributed by atoms with Crippen molar-refractivity contribution in [3.8, 4) is 5.75 Å². The highest BCUT2D eigenvalue weighted by molar-refractivity contribution is 6.30. The van der Waals surface area contributed by atoms with Crippen molar-refractivity contribution in [2.75, 3.05) is 0 Å². The molecule has 3 rings (SSSR count). The van der Waals surface area contributed by atoms with Gasteiger partial charge in [0.05, 0.1) is 16.7 Å². The summed E-state index contributed by atoms with van der Waals surface area (Å²) in [6.07, 6.45) is 1.31. The third kappa shape index (κ3) is 5.27. The van der Waals surface area contributed by atoms with Crippen LogP contribution in [0, 0.1) is 10.1 Å². The molecule has 1 N–H and O–H groups in total. The van der Waals surface area contributed by atoms with Crippen molar-refractivity contribution in [3.63, 3.8) is 0 Å². The highest BCUT2D eigenvalue weighted by Gasteiger charge is 2.12. The third-order valence-electron chi connectivity index (χ3n) is 3.89. The predicted molar refractivity (Wildman–Crippen MR) is 111 cm³/mol. The molecule has 3 aromatic rings. The van der Waals surface area contributed by atoms with Crippen LogP contribution in [-0.2, 0) is 0 Å². The van der Waals surface area contributed by atoms with Gasteiger partial charge < -0.3 is 4.74 Å². The van der Waals surface area contributed by atoms with Crippen molar-refractivity contribution in [3.05, 3.63) is 105 Å². The summed E-state index contributed by atoms with van der Waals surface area (Å²) in [7, 11) is 0. The van der Waals surface area contributed by atoms with Crippen molar-refractivity contribution >= 4 is 35.4 Å². The number of carbonyl (C=O) groups is 2. The molecule has 0 aromatic heterocycles. The number of halogens is 1. The van der Waals surface area contributed by atoms with Crippen LogP contribution in [0.2, 0.25) is 5.02 Å². The molecular weight excluding hydrogens is 410 g/mol. The molecule has 0 aliphatic rings. The zero-order chi connectivity index (χ0) is 21.5. The van der Waals surface area contributed by atoms with E-state index in [0.717, 1.165) is 6.07 Å². The fourth-order valence-electron chi connectivity index (χ4n) is 2.41. The number of nitrogens with zero attached hydrogens (tertiary/aromatic N) is 2. The molecule has 0 unspecified atom stereocenters. The smallest absolute Gasteiger partial charge is 0.343 e. The van der Waals surface area contributed by atoms with Crippen molar-refractivity contribution in [1.29, 1.82) is 0 Å². The van der Waals surface area contributed by atoms with Gasteiger partial charge in [0.1, 0.15) is 5.75 Å². The number of amides is 1. The second-order valence-electron chi connectivity index (χ2n) is 5.94. The minimum absolute atomic E-state index is 0.0869. The van der Waals surface area contributed by atoms with Gasteiger partial charge in [-0.15, -0.1) is 0 Å². The van der Waals surface area contributed by atoms with Crippen LogP contribution in [0.25, 0.3) is 0 Å². The lowest BCUT2D eigenvalue weighted by Crippen LogP contribution is -2.17. The van der Waals surface area contributed by atoms with Gasteiger partial charge in [0.2, 0.25) is 0 Å². The Balaban J connectivity index is 1.70. The fraction of sp³-hybridized carbons (Fsp3) is 0. The van der Waals surface area contributed by atoms with Crippen LogP contribution < -0.4 is 10.2 Å². The Labute approximate surface area is 175 Å². The molecule has 0 radical (unpaired) electrons. The van der Waals surface area contributed by atoms with Crippen LogP contribution in [0.15, 0.2) is 77.9 Å². The van der Waals surface area contributed by atoms with Gasteiger partial charge in [-0.2, -0.15) is 5.10 Å². The molecule has 0 fully saturated rings. The summed E-state index contributed by atoms with van der Waals surface area (Å²) in [6.45, 7) is 0. The summed E-state index contributed by atoms with van der Waals surface area (Å²) in [5.74, 6) is -0.954. The molecule has 1 amide bonds. The number of benzene rings is 3. The molecule has 0 atom stereocenters. The molecule has 150 valence electrons. The Morgan fingerprint density at radius 3 is 2.47 bits per heavy atom. The first kappa shape index (κ1) is 20.7. The predicted octanol–water partition coefficient (Wildman–Crippen LogP) is 4.23. The zero-order valence-electron chi connectivity index (χ0n) is 15.3. The molecule has 3 aromatic carbocycles. The zero-order valence-corrected chi connectivity index (χ0v) is 16.1. The molecule has 0 spiro atoms. The lowest BCUT2D eigenvalue weighted by molar-refractivity contribution is -0.384. The van der Waals surface area contributed by atoms with Gasteiger partial charge in [0, 0.05) is 28.3 Å². The highest BCUT2D eigenvalue weighted by atomic mass is 35.5. The minimum atomic E-state index is -0.620. The van der Waals surface area contributed by atoms with Crippen molar-refractivity contribution < 1.29 is 19.2 Å². The monoisotopic (exact) mass is 423 g/mol. The van der Waals surface area contributed by atoms with Crippen LogP contribution in [0.3, 0.4) is 0 Å². The molecule has 8 nitrogen and oxygen atoms in total. The van der Waals surface area contributed by atoms with Gasteiger partial charge >= 0.3 is 5.97 Å². The minimum Gasteiger partial charge on any atom is -0.422 e. The summed E-state index contributed by atoms with van der Waals surface area (Å²) in [6, 6.07) is 18.1. The van der Waals surface area contributed by atoms with E-state index in [2.05, 4.69) is 10.5 Å². The number of para-hydroxylation sites is 1. The number of esters is 1. The molecule has 0 saturated carbocycles. The van der Waals surface area contributed by atoms with Crippen LogP contribution in [-0.4, -0.2) is 23.0 Å². The summed E-state index contributed by atoms with van der Waals surface area (Å²) in [5, 5.41) is 15.2. The second-order valence-corrected chi connectivity index (χ2v) is 6.38. The standard InChI is InChI=1S/C21H14ClN3O5/c22-17-10-8-14(9-11-17)21(27)30-19-7-2-1-4-16(19)13-23-24-20(26)15-5-3-6-18(12-15)25(28)29/h1-13H,(H,24,26)/b23-13-. The van der Waals surface area contributed by atoms with E-state index in [-0.39, 0.29) is 17.0 Å². The SMILES string of the molecule is O=C(N/N=C\c1ccccc1OC(=O)c1ccc(Cl)cc1)c1cccc([N+](=O)[O-])c1. The first-order valence-electron chi connectivity index (χ1n) is 8.58. The van der Waals surface area contributed by atoms with Gasteiger partial charge in [0.25, 0.3) is 11.6 Å². The molecule has 0 heterocycles. The van der Waals surface area contributed by atoms with E-state index in [1.54, 1.807) is 48.5 Å². The maximum atomic E-state index is 12.3. The summed E-state index contributed by atoms with van der Waals surface area (Å²) in [5.41, 5.74) is 2.94. The normalized spacial score (nSPS) is 10.6. The van der Waals surface area contributed by atoms with Crippen LogP contribution >= 0.6 is 11.6 Å². The second kappa shape index (κ2) is 9.44. The molecular formula is C21H14ClN3O5. The Kier molecular flexibility index (Phi) is 6.51. The average Bonchev–Trinajstić information content (AvgIpc) is 2.75.